The average Bonchev–Trinajstić information content (AvgIpc) is 2.46. The van der Waals surface area contributed by atoms with Gasteiger partial charge in [0.2, 0.25) is 5.78 Å². The fourth-order valence-electron chi connectivity index (χ4n) is 1.57. The van der Waals surface area contributed by atoms with E-state index in [0.717, 1.165) is 11.3 Å². The summed E-state index contributed by atoms with van der Waals surface area (Å²) in [5, 5.41) is 0. The minimum Gasteiger partial charge on any atom is -0.497 e. The highest BCUT2D eigenvalue weighted by atomic mass is 16.5. The Morgan fingerprint density at radius 1 is 1.11 bits per heavy atom. The predicted octanol–water partition coefficient (Wildman–Crippen LogP) is 2.51. The third kappa shape index (κ3) is 3.14. The van der Waals surface area contributed by atoms with Crippen LogP contribution in [0.5, 0.6) is 5.75 Å². The quantitative estimate of drug-likeness (QED) is 0.507. The number of para-hydroxylation sites is 1. The Hall–Kier alpha value is -2.73. The Balaban J connectivity index is 2.19. The number of hydrogen-bond donors (Lipinski definition) is 1. The Morgan fingerprint density at radius 2 is 1.79 bits per heavy atom. The topological polar surface area (TPSA) is 52.3 Å². The zero-order valence-electron chi connectivity index (χ0n) is 10.5. The van der Waals surface area contributed by atoms with Gasteiger partial charge in [-0.15, -0.1) is 0 Å². The Bertz CT molecular complexity index is 648. The van der Waals surface area contributed by atoms with Gasteiger partial charge in [-0.05, 0) is 42.3 Å². The lowest BCUT2D eigenvalue weighted by Gasteiger charge is -1.99. The van der Waals surface area contributed by atoms with Crippen molar-refractivity contribution in [3.05, 3.63) is 59.7 Å². The summed E-state index contributed by atoms with van der Waals surface area (Å²) in [4.78, 5) is 11.9. The molecule has 0 bridgehead atoms. The number of ether oxygens (including phenoxy) is 1. The van der Waals surface area contributed by atoms with Crippen LogP contribution in [-0.4, -0.2) is 12.9 Å². The van der Waals surface area contributed by atoms with Gasteiger partial charge in [-0.25, -0.2) is 0 Å². The number of ketones is 1. The summed E-state index contributed by atoms with van der Waals surface area (Å²) in [7, 11) is 1.60. The molecule has 0 fully saturated rings. The first kappa shape index (κ1) is 12.7. The van der Waals surface area contributed by atoms with Crippen molar-refractivity contribution in [2.75, 3.05) is 12.8 Å². The predicted molar refractivity (Wildman–Crippen MR) is 75.1 cm³/mol. The fraction of sp³-hybridized carbons (Fsp3) is 0.0625. The molecule has 3 nitrogen and oxygen atoms in total. The van der Waals surface area contributed by atoms with Crippen LogP contribution >= 0.6 is 0 Å². The molecule has 0 aliphatic heterocycles. The van der Waals surface area contributed by atoms with E-state index in [4.69, 9.17) is 10.5 Å². The first-order chi connectivity index (χ1) is 9.20. The standard InChI is InChI=1S/C16H13NO2/c1-19-13-9-6-12(7-10-13)8-11-16(18)14-4-2-3-5-15(14)17/h2-7,9-10H,17H2,1H3. The highest BCUT2D eigenvalue weighted by molar-refractivity contribution is 6.12. The molecule has 0 heterocycles. The van der Waals surface area contributed by atoms with E-state index in [2.05, 4.69) is 11.8 Å². The lowest BCUT2D eigenvalue weighted by Crippen LogP contribution is -2.00. The molecule has 0 saturated carbocycles. The molecule has 0 atom stereocenters. The summed E-state index contributed by atoms with van der Waals surface area (Å²) >= 11 is 0. The van der Waals surface area contributed by atoms with Gasteiger partial charge in [-0.2, -0.15) is 0 Å². The van der Waals surface area contributed by atoms with Crippen LogP contribution in [-0.2, 0) is 0 Å². The summed E-state index contributed by atoms with van der Waals surface area (Å²) in [5.74, 6) is 5.87. The molecule has 0 aromatic heterocycles. The number of nitrogen functional groups attached to an aromatic ring is 1. The molecule has 2 aromatic carbocycles. The smallest absolute Gasteiger partial charge is 0.238 e. The second-order valence-electron chi connectivity index (χ2n) is 3.89. The summed E-state index contributed by atoms with van der Waals surface area (Å²) < 4.78 is 5.05. The molecule has 0 aliphatic rings. The fourth-order valence-corrected chi connectivity index (χ4v) is 1.57. The molecule has 2 aromatic rings. The first-order valence-electron chi connectivity index (χ1n) is 5.75. The summed E-state index contributed by atoms with van der Waals surface area (Å²) in [5.41, 5.74) is 7.35. The van der Waals surface area contributed by atoms with Crippen LogP contribution in [0.3, 0.4) is 0 Å². The van der Waals surface area contributed by atoms with E-state index in [0.29, 0.717) is 11.3 Å². The van der Waals surface area contributed by atoms with Crippen molar-refractivity contribution in [3.8, 4) is 17.6 Å². The number of methoxy groups -OCH3 is 1. The van der Waals surface area contributed by atoms with Gasteiger partial charge in [0.05, 0.1) is 12.7 Å². The van der Waals surface area contributed by atoms with E-state index >= 15 is 0 Å². The minimum atomic E-state index is -0.283. The van der Waals surface area contributed by atoms with E-state index in [1.165, 1.54) is 0 Å². The molecule has 0 amide bonds. The molecule has 2 N–H and O–H groups in total. The molecule has 94 valence electrons. The third-order valence-corrected chi connectivity index (χ3v) is 2.62. The second kappa shape index (κ2) is 5.74. The SMILES string of the molecule is COc1ccc(C#CC(=O)c2ccccc2N)cc1. The lowest BCUT2D eigenvalue weighted by molar-refractivity contribution is 0.105. The van der Waals surface area contributed by atoms with Crippen LogP contribution in [0.15, 0.2) is 48.5 Å². The molecule has 0 radical (unpaired) electrons. The van der Waals surface area contributed by atoms with Crippen LogP contribution in [0.4, 0.5) is 5.69 Å². The van der Waals surface area contributed by atoms with Crippen molar-refractivity contribution in [3.63, 3.8) is 0 Å². The second-order valence-corrected chi connectivity index (χ2v) is 3.89. The van der Waals surface area contributed by atoms with Crippen LogP contribution in [0.2, 0.25) is 0 Å². The molecular formula is C16H13NO2. The van der Waals surface area contributed by atoms with Gasteiger partial charge in [0.15, 0.2) is 0 Å². The minimum absolute atomic E-state index is 0.283. The van der Waals surface area contributed by atoms with Gasteiger partial charge in [-0.1, -0.05) is 18.1 Å². The number of carbonyl (C=O) groups excluding carboxylic acids is 1. The normalized spacial score (nSPS) is 9.32. The van der Waals surface area contributed by atoms with E-state index in [9.17, 15) is 4.79 Å². The molecule has 0 aliphatic carbocycles. The van der Waals surface area contributed by atoms with Gasteiger partial charge in [0, 0.05) is 11.3 Å². The number of carbonyl (C=O) groups is 1. The number of anilines is 1. The van der Waals surface area contributed by atoms with Crippen LogP contribution in [0.25, 0.3) is 0 Å². The van der Waals surface area contributed by atoms with Crippen molar-refractivity contribution in [1.29, 1.82) is 0 Å². The van der Waals surface area contributed by atoms with Gasteiger partial charge in [-0.3, -0.25) is 4.79 Å². The maximum Gasteiger partial charge on any atom is 0.238 e. The maximum absolute atomic E-state index is 11.9. The molecule has 2 rings (SSSR count). The lowest BCUT2D eigenvalue weighted by atomic mass is 10.1. The van der Waals surface area contributed by atoms with Gasteiger partial charge in [0.1, 0.15) is 5.75 Å². The van der Waals surface area contributed by atoms with Gasteiger partial charge in [0.25, 0.3) is 0 Å². The zero-order valence-corrected chi connectivity index (χ0v) is 10.5. The van der Waals surface area contributed by atoms with Gasteiger partial charge < -0.3 is 10.5 Å². The third-order valence-electron chi connectivity index (χ3n) is 2.62. The highest BCUT2D eigenvalue weighted by Crippen LogP contribution is 2.12. The van der Waals surface area contributed by atoms with Crippen LogP contribution in [0, 0.1) is 11.8 Å². The highest BCUT2D eigenvalue weighted by Gasteiger charge is 2.04. The van der Waals surface area contributed by atoms with Crippen molar-refractivity contribution in [1.82, 2.24) is 0 Å². The number of nitrogens with two attached hydrogens (primary N) is 1. The summed E-state index contributed by atoms with van der Waals surface area (Å²) in [6.45, 7) is 0. The van der Waals surface area contributed by atoms with Gasteiger partial charge >= 0.3 is 0 Å². The van der Waals surface area contributed by atoms with Crippen molar-refractivity contribution < 1.29 is 9.53 Å². The summed E-state index contributed by atoms with van der Waals surface area (Å²) in [6, 6.07) is 14.1. The molecule has 0 spiro atoms. The Kier molecular flexibility index (Phi) is 3.84. The average molecular weight is 251 g/mol. The molecule has 0 saturated heterocycles. The van der Waals surface area contributed by atoms with Crippen LogP contribution < -0.4 is 10.5 Å². The zero-order chi connectivity index (χ0) is 13.7. The van der Waals surface area contributed by atoms with E-state index in [-0.39, 0.29) is 5.78 Å². The van der Waals surface area contributed by atoms with Crippen molar-refractivity contribution in [2.45, 2.75) is 0 Å². The largest absolute Gasteiger partial charge is 0.497 e. The molecule has 0 unspecified atom stereocenters. The Morgan fingerprint density at radius 3 is 2.42 bits per heavy atom. The number of rotatable bonds is 2. The van der Waals surface area contributed by atoms with Crippen molar-refractivity contribution in [2.24, 2.45) is 0 Å². The van der Waals surface area contributed by atoms with E-state index in [1.807, 2.05) is 0 Å². The first-order valence-corrected chi connectivity index (χ1v) is 5.75. The van der Waals surface area contributed by atoms with Crippen molar-refractivity contribution >= 4 is 11.5 Å². The van der Waals surface area contributed by atoms with Crippen LogP contribution in [0.1, 0.15) is 15.9 Å². The monoisotopic (exact) mass is 251 g/mol. The number of hydrogen-bond acceptors (Lipinski definition) is 3. The molecular weight excluding hydrogens is 238 g/mol. The van der Waals surface area contributed by atoms with E-state index < -0.39 is 0 Å². The number of benzene rings is 2. The number of Topliss-reactive ketones (excluding diaryl/α,β-unsaturated/α-hetero) is 1. The Labute approximate surface area is 112 Å². The summed E-state index contributed by atoms with van der Waals surface area (Å²) in [6.07, 6.45) is 0. The molecule has 19 heavy (non-hydrogen) atoms. The molecule has 3 heteroatoms. The maximum atomic E-state index is 11.9. The van der Waals surface area contributed by atoms with E-state index in [1.54, 1.807) is 55.6 Å².